The van der Waals surface area contributed by atoms with E-state index in [2.05, 4.69) is 5.32 Å². The number of furan rings is 1. The first-order chi connectivity index (χ1) is 9.10. The molecule has 1 N–H and O–H groups in total. The fourth-order valence-corrected chi connectivity index (χ4v) is 2.07. The van der Waals surface area contributed by atoms with Crippen molar-refractivity contribution in [3.05, 3.63) is 53.2 Å². The van der Waals surface area contributed by atoms with Gasteiger partial charge in [0.05, 0.1) is 5.75 Å². The Bertz CT molecular complexity index is 595. The Hall–Kier alpha value is -1.75. The summed E-state index contributed by atoms with van der Waals surface area (Å²) in [5, 5.41) is 2.64. The van der Waals surface area contributed by atoms with Crippen molar-refractivity contribution in [3.63, 3.8) is 0 Å². The van der Waals surface area contributed by atoms with Gasteiger partial charge in [0.1, 0.15) is 11.6 Å². The lowest BCUT2D eigenvalue weighted by atomic mass is 10.2. The SMILES string of the molecule is CSCc1ccc(C(=O)Nc2cc(F)ccc2C)o1. The number of hydrogen-bond acceptors (Lipinski definition) is 3. The molecule has 0 bridgehead atoms. The Labute approximate surface area is 115 Å². The Kier molecular flexibility index (Phi) is 4.27. The number of thioether (sulfide) groups is 1. The van der Waals surface area contributed by atoms with E-state index >= 15 is 0 Å². The third-order valence-electron chi connectivity index (χ3n) is 2.62. The Balaban J connectivity index is 2.13. The van der Waals surface area contributed by atoms with Gasteiger partial charge in [-0.25, -0.2) is 4.39 Å². The first kappa shape index (κ1) is 13.7. The van der Waals surface area contributed by atoms with Crippen LogP contribution in [0, 0.1) is 12.7 Å². The van der Waals surface area contributed by atoms with Gasteiger partial charge in [0.15, 0.2) is 5.76 Å². The molecule has 3 nitrogen and oxygen atoms in total. The van der Waals surface area contributed by atoms with Crippen LogP contribution >= 0.6 is 11.8 Å². The first-order valence-corrected chi connectivity index (χ1v) is 7.14. The van der Waals surface area contributed by atoms with Crippen molar-refractivity contribution in [1.82, 2.24) is 0 Å². The lowest BCUT2D eigenvalue weighted by Gasteiger charge is -2.06. The standard InChI is InChI=1S/C14H14FNO2S/c1-9-3-4-10(15)7-12(9)16-14(17)13-6-5-11(18-13)8-19-2/h3-7H,8H2,1-2H3,(H,16,17). The molecule has 100 valence electrons. The van der Waals surface area contributed by atoms with Gasteiger partial charge >= 0.3 is 0 Å². The number of amides is 1. The number of carbonyl (C=O) groups excluding carboxylic acids is 1. The molecule has 0 fully saturated rings. The summed E-state index contributed by atoms with van der Waals surface area (Å²) in [5.41, 5.74) is 1.25. The maximum atomic E-state index is 13.1. The zero-order chi connectivity index (χ0) is 13.8. The highest BCUT2D eigenvalue weighted by molar-refractivity contribution is 7.97. The lowest BCUT2D eigenvalue weighted by molar-refractivity contribution is 0.0995. The van der Waals surface area contributed by atoms with Crippen LogP contribution in [0.5, 0.6) is 0 Å². The van der Waals surface area contributed by atoms with Gasteiger partial charge in [0.25, 0.3) is 5.91 Å². The van der Waals surface area contributed by atoms with Crippen LogP contribution in [-0.4, -0.2) is 12.2 Å². The number of aryl methyl sites for hydroxylation is 1. The molecule has 5 heteroatoms. The maximum absolute atomic E-state index is 13.1. The fraction of sp³-hybridized carbons (Fsp3) is 0.214. The van der Waals surface area contributed by atoms with E-state index in [0.29, 0.717) is 11.4 Å². The van der Waals surface area contributed by atoms with E-state index in [1.165, 1.54) is 12.1 Å². The molecule has 0 aliphatic carbocycles. The predicted molar refractivity (Wildman–Crippen MR) is 75.0 cm³/mol. The van der Waals surface area contributed by atoms with Gasteiger partial charge in [-0.3, -0.25) is 4.79 Å². The minimum Gasteiger partial charge on any atom is -0.455 e. The van der Waals surface area contributed by atoms with Crippen LogP contribution in [0.1, 0.15) is 21.9 Å². The highest BCUT2D eigenvalue weighted by Crippen LogP contribution is 2.19. The summed E-state index contributed by atoms with van der Waals surface area (Å²) in [5.74, 6) is 0.928. The molecule has 1 amide bonds. The topological polar surface area (TPSA) is 42.2 Å². The van der Waals surface area contributed by atoms with Crippen molar-refractivity contribution < 1.29 is 13.6 Å². The average Bonchev–Trinajstić information content (AvgIpc) is 2.83. The van der Waals surface area contributed by atoms with Gasteiger partial charge in [-0.2, -0.15) is 11.8 Å². The van der Waals surface area contributed by atoms with E-state index in [9.17, 15) is 9.18 Å². The summed E-state index contributed by atoms with van der Waals surface area (Å²) in [6.07, 6.45) is 1.96. The van der Waals surface area contributed by atoms with Crippen LogP contribution in [0.25, 0.3) is 0 Å². The molecular formula is C14H14FNO2S. The molecule has 2 rings (SSSR count). The second-order valence-corrected chi connectivity index (χ2v) is 4.98. The highest BCUT2D eigenvalue weighted by atomic mass is 32.2. The third kappa shape index (κ3) is 3.38. The summed E-state index contributed by atoms with van der Waals surface area (Å²) < 4.78 is 18.5. The smallest absolute Gasteiger partial charge is 0.291 e. The number of nitrogens with one attached hydrogen (secondary N) is 1. The van der Waals surface area contributed by atoms with E-state index in [1.807, 2.05) is 6.26 Å². The van der Waals surface area contributed by atoms with E-state index in [0.717, 1.165) is 11.3 Å². The average molecular weight is 279 g/mol. The minimum atomic E-state index is -0.386. The van der Waals surface area contributed by atoms with Crippen LogP contribution < -0.4 is 5.32 Å². The molecule has 0 radical (unpaired) electrons. The van der Waals surface area contributed by atoms with Crippen LogP contribution in [0.3, 0.4) is 0 Å². The molecule has 19 heavy (non-hydrogen) atoms. The van der Waals surface area contributed by atoms with Crippen LogP contribution in [-0.2, 0) is 5.75 Å². The molecule has 1 aromatic carbocycles. The van der Waals surface area contributed by atoms with Crippen LogP contribution in [0.4, 0.5) is 10.1 Å². The normalized spacial score (nSPS) is 10.5. The Morgan fingerprint density at radius 3 is 2.89 bits per heavy atom. The molecule has 0 saturated heterocycles. The molecule has 0 saturated carbocycles. The zero-order valence-electron chi connectivity index (χ0n) is 10.7. The number of anilines is 1. The van der Waals surface area contributed by atoms with E-state index < -0.39 is 0 Å². The predicted octanol–water partition coefficient (Wildman–Crippen LogP) is 3.84. The van der Waals surface area contributed by atoms with Gasteiger partial charge in [0.2, 0.25) is 0 Å². The number of carbonyl (C=O) groups is 1. The molecule has 1 heterocycles. The Morgan fingerprint density at radius 1 is 1.37 bits per heavy atom. The van der Waals surface area contributed by atoms with Crippen molar-refractivity contribution >= 4 is 23.4 Å². The zero-order valence-corrected chi connectivity index (χ0v) is 11.5. The highest BCUT2D eigenvalue weighted by Gasteiger charge is 2.12. The number of hydrogen-bond donors (Lipinski definition) is 1. The van der Waals surface area contributed by atoms with Crippen molar-refractivity contribution in [1.29, 1.82) is 0 Å². The van der Waals surface area contributed by atoms with Crippen molar-refractivity contribution in [2.24, 2.45) is 0 Å². The molecule has 2 aromatic rings. The van der Waals surface area contributed by atoms with Gasteiger partial charge in [0, 0.05) is 5.69 Å². The molecule has 0 aliphatic rings. The van der Waals surface area contributed by atoms with E-state index in [4.69, 9.17) is 4.42 Å². The summed E-state index contributed by atoms with van der Waals surface area (Å²) in [6, 6.07) is 7.65. The fourth-order valence-electron chi connectivity index (χ4n) is 1.63. The Morgan fingerprint density at radius 2 is 2.16 bits per heavy atom. The monoisotopic (exact) mass is 279 g/mol. The molecule has 0 aliphatic heterocycles. The summed E-state index contributed by atoms with van der Waals surface area (Å²) >= 11 is 1.61. The number of rotatable bonds is 4. The minimum absolute atomic E-state index is 0.229. The first-order valence-electron chi connectivity index (χ1n) is 5.75. The number of benzene rings is 1. The van der Waals surface area contributed by atoms with Crippen molar-refractivity contribution in [3.8, 4) is 0 Å². The lowest BCUT2D eigenvalue weighted by Crippen LogP contribution is -2.12. The second kappa shape index (κ2) is 5.93. The van der Waals surface area contributed by atoms with E-state index in [1.54, 1.807) is 36.9 Å². The summed E-state index contributed by atoms with van der Waals surface area (Å²) in [7, 11) is 0. The van der Waals surface area contributed by atoms with Crippen molar-refractivity contribution in [2.75, 3.05) is 11.6 Å². The largest absolute Gasteiger partial charge is 0.455 e. The second-order valence-electron chi connectivity index (χ2n) is 4.11. The molecule has 0 spiro atoms. The molecule has 0 atom stereocenters. The van der Waals surface area contributed by atoms with E-state index in [-0.39, 0.29) is 17.5 Å². The summed E-state index contributed by atoms with van der Waals surface area (Å²) in [4.78, 5) is 12.0. The molecule has 0 unspecified atom stereocenters. The van der Waals surface area contributed by atoms with Gasteiger partial charge in [-0.05, 0) is 43.0 Å². The quantitative estimate of drug-likeness (QED) is 0.924. The van der Waals surface area contributed by atoms with Crippen LogP contribution in [0.2, 0.25) is 0 Å². The maximum Gasteiger partial charge on any atom is 0.291 e. The van der Waals surface area contributed by atoms with Gasteiger partial charge in [-0.1, -0.05) is 6.07 Å². The summed E-state index contributed by atoms with van der Waals surface area (Å²) in [6.45, 7) is 1.80. The van der Waals surface area contributed by atoms with Gasteiger partial charge in [-0.15, -0.1) is 0 Å². The van der Waals surface area contributed by atoms with Gasteiger partial charge < -0.3 is 9.73 Å². The van der Waals surface area contributed by atoms with Crippen molar-refractivity contribution in [2.45, 2.75) is 12.7 Å². The number of halogens is 1. The van der Waals surface area contributed by atoms with Crippen LogP contribution in [0.15, 0.2) is 34.7 Å². The molecular weight excluding hydrogens is 265 g/mol. The molecule has 1 aromatic heterocycles. The third-order valence-corrected chi connectivity index (χ3v) is 3.19.